The van der Waals surface area contributed by atoms with E-state index in [1.807, 2.05) is 32.9 Å². The lowest BCUT2D eigenvalue weighted by atomic mass is 10.0. The fraction of sp³-hybridized carbons (Fsp3) is 0.190. The maximum absolute atomic E-state index is 13.0. The van der Waals surface area contributed by atoms with E-state index in [1.54, 1.807) is 25.1 Å². The van der Waals surface area contributed by atoms with Gasteiger partial charge in [-0.1, -0.05) is 17.7 Å². The third-order valence-electron chi connectivity index (χ3n) is 4.10. The minimum absolute atomic E-state index is 0.256. The van der Waals surface area contributed by atoms with Gasteiger partial charge in [0.1, 0.15) is 11.5 Å². The predicted octanol–water partition coefficient (Wildman–Crippen LogP) is 4.85. The number of halogens is 1. The van der Waals surface area contributed by atoms with Crippen LogP contribution in [0.3, 0.4) is 0 Å². The number of anilines is 3. The molecule has 1 aromatic heterocycles. The first-order valence-corrected chi connectivity index (χ1v) is 8.59. The second-order valence-corrected chi connectivity index (χ2v) is 6.58. The van der Waals surface area contributed by atoms with Crippen LogP contribution in [0.2, 0.25) is 0 Å². The summed E-state index contributed by atoms with van der Waals surface area (Å²) in [5.41, 5.74) is 5.47. The average Bonchev–Trinajstić information content (AvgIpc) is 2.59. The lowest BCUT2D eigenvalue weighted by Crippen LogP contribution is -2.17. The van der Waals surface area contributed by atoms with Crippen LogP contribution in [0.15, 0.2) is 42.5 Å². The van der Waals surface area contributed by atoms with E-state index < -0.39 is 0 Å². The monoisotopic (exact) mass is 364 g/mol. The molecule has 6 heteroatoms. The molecule has 1 heterocycles. The fourth-order valence-electron chi connectivity index (χ4n) is 2.96. The number of carbonyl (C=O) groups is 1. The molecule has 0 atom stereocenters. The Morgan fingerprint density at radius 1 is 0.926 bits per heavy atom. The Balaban J connectivity index is 1.85. The van der Waals surface area contributed by atoms with Crippen molar-refractivity contribution in [1.82, 2.24) is 9.97 Å². The maximum atomic E-state index is 13.0. The maximum Gasteiger partial charge on any atom is 0.274 e. The number of carbonyl (C=O) groups excluding carboxylic acids is 1. The van der Waals surface area contributed by atoms with Gasteiger partial charge in [-0.2, -0.15) is 0 Å². The average molecular weight is 364 g/mol. The molecule has 0 aliphatic rings. The number of benzene rings is 2. The number of amides is 1. The second kappa shape index (κ2) is 7.53. The van der Waals surface area contributed by atoms with Crippen LogP contribution in [-0.2, 0) is 0 Å². The summed E-state index contributed by atoms with van der Waals surface area (Å²) in [5, 5.41) is 5.93. The van der Waals surface area contributed by atoms with Crippen LogP contribution in [0.25, 0.3) is 0 Å². The Morgan fingerprint density at radius 2 is 1.56 bits per heavy atom. The van der Waals surface area contributed by atoms with Crippen LogP contribution in [0, 0.1) is 33.5 Å². The zero-order valence-electron chi connectivity index (χ0n) is 15.7. The Morgan fingerprint density at radius 3 is 2.19 bits per heavy atom. The first kappa shape index (κ1) is 18.5. The van der Waals surface area contributed by atoms with Gasteiger partial charge in [0.05, 0.1) is 0 Å². The molecule has 3 aromatic rings. The zero-order valence-corrected chi connectivity index (χ0v) is 15.7. The van der Waals surface area contributed by atoms with E-state index in [-0.39, 0.29) is 23.4 Å². The summed E-state index contributed by atoms with van der Waals surface area (Å²) < 4.78 is 13.0. The Kier molecular flexibility index (Phi) is 5.16. The smallest absolute Gasteiger partial charge is 0.274 e. The van der Waals surface area contributed by atoms with Gasteiger partial charge >= 0.3 is 0 Å². The molecule has 0 saturated carbocycles. The molecule has 27 heavy (non-hydrogen) atoms. The third kappa shape index (κ3) is 4.47. The summed E-state index contributed by atoms with van der Waals surface area (Å²) in [6.07, 6.45) is 0. The number of hydrogen-bond donors (Lipinski definition) is 2. The molecule has 0 saturated heterocycles. The topological polar surface area (TPSA) is 66.9 Å². The van der Waals surface area contributed by atoms with Crippen molar-refractivity contribution in [3.8, 4) is 0 Å². The van der Waals surface area contributed by atoms with Gasteiger partial charge in [0.25, 0.3) is 5.91 Å². The van der Waals surface area contributed by atoms with Crippen LogP contribution in [-0.4, -0.2) is 15.9 Å². The van der Waals surface area contributed by atoms with Gasteiger partial charge in [-0.15, -0.1) is 0 Å². The quantitative estimate of drug-likeness (QED) is 0.695. The highest BCUT2D eigenvalue weighted by Crippen LogP contribution is 2.23. The summed E-state index contributed by atoms with van der Waals surface area (Å²) >= 11 is 0. The minimum atomic E-state index is -0.324. The largest absolute Gasteiger partial charge is 0.324 e. The minimum Gasteiger partial charge on any atom is -0.324 e. The molecule has 0 aliphatic heterocycles. The van der Waals surface area contributed by atoms with Crippen LogP contribution in [0.1, 0.15) is 32.9 Å². The van der Waals surface area contributed by atoms with E-state index in [0.29, 0.717) is 11.4 Å². The van der Waals surface area contributed by atoms with Gasteiger partial charge in [-0.25, -0.2) is 14.4 Å². The second-order valence-electron chi connectivity index (χ2n) is 6.58. The fourth-order valence-corrected chi connectivity index (χ4v) is 2.96. The van der Waals surface area contributed by atoms with Gasteiger partial charge in [0.2, 0.25) is 5.95 Å². The molecule has 2 N–H and O–H groups in total. The number of nitrogens with zero attached hydrogens (tertiary/aromatic N) is 2. The van der Waals surface area contributed by atoms with Crippen molar-refractivity contribution in [3.63, 3.8) is 0 Å². The molecule has 0 aliphatic carbocycles. The Labute approximate surface area is 157 Å². The van der Waals surface area contributed by atoms with Gasteiger partial charge in [0, 0.05) is 17.1 Å². The van der Waals surface area contributed by atoms with E-state index in [1.165, 1.54) is 12.1 Å². The molecule has 5 nitrogen and oxygen atoms in total. The van der Waals surface area contributed by atoms with Crippen molar-refractivity contribution in [1.29, 1.82) is 0 Å². The normalized spacial score (nSPS) is 10.6. The first-order valence-electron chi connectivity index (χ1n) is 8.59. The molecule has 0 unspecified atom stereocenters. The molecule has 138 valence electrons. The van der Waals surface area contributed by atoms with Crippen LogP contribution < -0.4 is 10.6 Å². The highest BCUT2D eigenvalue weighted by Gasteiger charge is 2.14. The van der Waals surface area contributed by atoms with Crippen LogP contribution in [0.4, 0.5) is 21.7 Å². The number of rotatable bonds is 4. The van der Waals surface area contributed by atoms with E-state index in [4.69, 9.17) is 0 Å². The number of nitrogens with one attached hydrogen (secondary N) is 2. The molecule has 1 amide bonds. The summed E-state index contributed by atoms with van der Waals surface area (Å²) in [4.78, 5) is 21.3. The van der Waals surface area contributed by atoms with Gasteiger partial charge in [0.15, 0.2) is 0 Å². The SMILES string of the molecule is Cc1cc(C)c(NC(=O)c2cc(C)nc(Nc3ccc(F)cc3)n2)c(C)c1. The third-order valence-corrected chi connectivity index (χ3v) is 4.10. The van der Waals surface area contributed by atoms with E-state index >= 15 is 0 Å². The van der Waals surface area contributed by atoms with E-state index in [0.717, 1.165) is 22.4 Å². The predicted molar refractivity (Wildman–Crippen MR) is 105 cm³/mol. The molecular formula is C21H21FN4O. The zero-order chi connectivity index (χ0) is 19.6. The Hall–Kier alpha value is -3.28. The van der Waals surface area contributed by atoms with Crippen molar-refractivity contribution in [2.75, 3.05) is 10.6 Å². The lowest BCUT2D eigenvalue weighted by Gasteiger charge is -2.13. The van der Waals surface area contributed by atoms with Gasteiger partial charge < -0.3 is 10.6 Å². The molecule has 0 spiro atoms. The highest BCUT2D eigenvalue weighted by molar-refractivity contribution is 6.04. The van der Waals surface area contributed by atoms with Crippen molar-refractivity contribution >= 4 is 23.2 Å². The molecule has 2 aromatic carbocycles. The summed E-state index contributed by atoms with van der Waals surface area (Å²) in [6.45, 7) is 7.73. The number of aryl methyl sites for hydroxylation is 4. The molecule has 0 bridgehead atoms. The van der Waals surface area contributed by atoms with Gasteiger partial charge in [-0.05, 0) is 69.2 Å². The Bertz CT molecular complexity index is 977. The van der Waals surface area contributed by atoms with Crippen molar-refractivity contribution in [2.24, 2.45) is 0 Å². The summed E-state index contributed by atoms with van der Waals surface area (Å²) in [6, 6.07) is 11.5. The van der Waals surface area contributed by atoms with E-state index in [9.17, 15) is 9.18 Å². The summed E-state index contributed by atoms with van der Waals surface area (Å²) in [5.74, 6) is -0.351. The van der Waals surface area contributed by atoms with Crippen molar-refractivity contribution in [2.45, 2.75) is 27.7 Å². The van der Waals surface area contributed by atoms with Crippen LogP contribution in [0.5, 0.6) is 0 Å². The summed E-state index contributed by atoms with van der Waals surface area (Å²) in [7, 11) is 0. The molecule has 3 rings (SSSR count). The molecule has 0 radical (unpaired) electrons. The number of aromatic nitrogens is 2. The first-order chi connectivity index (χ1) is 12.8. The van der Waals surface area contributed by atoms with Crippen molar-refractivity contribution in [3.05, 3.63) is 76.4 Å². The van der Waals surface area contributed by atoms with Crippen molar-refractivity contribution < 1.29 is 9.18 Å². The number of hydrogen-bond acceptors (Lipinski definition) is 4. The molecular weight excluding hydrogens is 343 g/mol. The lowest BCUT2D eigenvalue weighted by molar-refractivity contribution is 0.102. The van der Waals surface area contributed by atoms with Crippen LogP contribution >= 0.6 is 0 Å². The standard InChI is InChI=1S/C21H21FN4O/c1-12-9-13(2)19(14(3)10-12)26-20(27)18-11-15(4)23-21(25-18)24-17-7-5-16(22)6-8-17/h5-11H,1-4H3,(H,26,27)(H,23,24,25). The molecule has 0 fully saturated rings. The van der Waals surface area contributed by atoms with Gasteiger partial charge in [-0.3, -0.25) is 4.79 Å². The highest BCUT2D eigenvalue weighted by atomic mass is 19.1. The van der Waals surface area contributed by atoms with E-state index in [2.05, 4.69) is 20.6 Å².